The summed E-state index contributed by atoms with van der Waals surface area (Å²) < 4.78 is 0. The Kier molecular flexibility index (Phi) is 7.42. The Morgan fingerprint density at radius 2 is 1.97 bits per heavy atom. The van der Waals surface area contributed by atoms with Crippen molar-refractivity contribution in [2.24, 2.45) is 5.41 Å². The Bertz CT molecular complexity index is 1050. The van der Waals surface area contributed by atoms with Gasteiger partial charge in [0.25, 0.3) is 5.91 Å². The van der Waals surface area contributed by atoms with E-state index in [4.69, 9.17) is 0 Å². The highest BCUT2D eigenvalue weighted by Crippen LogP contribution is 2.41. The fraction of sp³-hybridized carbons (Fsp3) is 0.500. The van der Waals surface area contributed by atoms with Crippen LogP contribution in [0.5, 0.6) is 0 Å². The monoisotopic (exact) mass is 451 g/mol. The zero-order valence-electron chi connectivity index (χ0n) is 20.7. The highest BCUT2D eigenvalue weighted by Gasteiger charge is 2.26. The maximum absolute atomic E-state index is 12.8. The van der Waals surface area contributed by atoms with Crippen LogP contribution in [0, 0.1) is 12.3 Å². The topological polar surface area (TPSA) is 98.9 Å². The molecular weight excluding hydrogens is 414 g/mol. The second kappa shape index (κ2) is 9.91. The van der Waals surface area contributed by atoms with Gasteiger partial charge in [0.2, 0.25) is 5.91 Å². The average molecular weight is 452 g/mol. The number of anilines is 1. The van der Waals surface area contributed by atoms with E-state index in [1.54, 1.807) is 6.20 Å². The fourth-order valence-electron chi connectivity index (χ4n) is 4.06. The molecule has 1 aromatic heterocycles. The maximum Gasteiger partial charge on any atom is 0.291 e. The number of nitrogens with one attached hydrogen (secondary N) is 4. The summed E-state index contributed by atoms with van der Waals surface area (Å²) in [4.78, 5) is 31.1. The average Bonchev–Trinajstić information content (AvgIpc) is 3.18. The van der Waals surface area contributed by atoms with Crippen LogP contribution in [0.3, 0.4) is 0 Å². The molecule has 0 radical (unpaired) electrons. The molecule has 0 saturated heterocycles. The summed E-state index contributed by atoms with van der Waals surface area (Å²) in [5.74, 6) is 0.0266. The molecule has 0 bridgehead atoms. The Hall–Kier alpha value is -2.93. The summed E-state index contributed by atoms with van der Waals surface area (Å²) in [6.07, 6.45) is 7.11. The van der Waals surface area contributed by atoms with Gasteiger partial charge in [-0.3, -0.25) is 9.59 Å². The molecule has 7 nitrogen and oxygen atoms in total. The first-order chi connectivity index (χ1) is 15.5. The SMILES string of the molecule is CC(=O)NCCNC(C)(C)c1ccc(NC(=O)c2nc(C)c[nH]2)c(C2=CCC(C)(C)CC2)c1. The van der Waals surface area contributed by atoms with Crippen LogP contribution in [-0.2, 0) is 10.3 Å². The van der Waals surface area contributed by atoms with Crippen LogP contribution in [0.1, 0.15) is 81.3 Å². The van der Waals surface area contributed by atoms with Gasteiger partial charge in [0.15, 0.2) is 5.82 Å². The van der Waals surface area contributed by atoms with Gasteiger partial charge in [-0.25, -0.2) is 4.98 Å². The van der Waals surface area contributed by atoms with Gasteiger partial charge in [-0.15, -0.1) is 0 Å². The van der Waals surface area contributed by atoms with Crippen LogP contribution in [-0.4, -0.2) is 34.9 Å². The molecule has 2 amide bonds. The lowest BCUT2D eigenvalue weighted by Gasteiger charge is -2.31. The van der Waals surface area contributed by atoms with E-state index in [1.807, 2.05) is 19.1 Å². The molecule has 1 aliphatic carbocycles. The van der Waals surface area contributed by atoms with E-state index >= 15 is 0 Å². The minimum Gasteiger partial charge on any atom is -0.355 e. The van der Waals surface area contributed by atoms with Crippen LogP contribution >= 0.6 is 0 Å². The molecule has 2 aromatic rings. The van der Waals surface area contributed by atoms with Gasteiger partial charge in [-0.1, -0.05) is 26.0 Å². The molecule has 0 saturated carbocycles. The molecule has 0 fully saturated rings. The zero-order valence-corrected chi connectivity index (χ0v) is 20.7. The molecule has 7 heteroatoms. The summed E-state index contributed by atoms with van der Waals surface area (Å²) in [5, 5.41) is 9.41. The van der Waals surface area contributed by atoms with Crippen LogP contribution in [0.4, 0.5) is 5.69 Å². The smallest absolute Gasteiger partial charge is 0.291 e. The molecule has 0 atom stereocenters. The van der Waals surface area contributed by atoms with Gasteiger partial charge in [0.05, 0.1) is 5.69 Å². The minimum atomic E-state index is -0.303. The van der Waals surface area contributed by atoms with E-state index in [-0.39, 0.29) is 17.4 Å². The molecule has 3 rings (SSSR count). The van der Waals surface area contributed by atoms with Crippen molar-refractivity contribution in [2.45, 2.75) is 66.3 Å². The lowest BCUT2D eigenvalue weighted by molar-refractivity contribution is -0.118. The standard InChI is InChI=1S/C26H37N5O2/c1-17-16-28-23(30-17)24(33)31-22-8-7-20(26(5,6)29-14-13-27-18(2)32)15-21(22)19-9-11-25(3,4)12-10-19/h7-9,15-16,29H,10-14H2,1-6H3,(H,27,32)(H,28,30)(H,31,33). The number of aryl methyl sites for hydroxylation is 1. The number of H-pyrrole nitrogens is 1. The van der Waals surface area contributed by atoms with Crippen LogP contribution in [0.25, 0.3) is 5.57 Å². The summed E-state index contributed by atoms with van der Waals surface area (Å²) in [5.41, 5.74) is 4.99. The Morgan fingerprint density at radius 1 is 1.21 bits per heavy atom. The third-order valence-corrected chi connectivity index (χ3v) is 6.29. The third-order valence-electron chi connectivity index (χ3n) is 6.29. The van der Waals surface area contributed by atoms with E-state index < -0.39 is 0 Å². The van der Waals surface area contributed by atoms with E-state index in [2.05, 4.69) is 65.8 Å². The normalized spacial score (nSPS) is 15.6. The minimum absolute atomic E-state index is 0.0316. The first-order valence-electron chi connectivity index (χ1n) is 11.6. The van der Waals surface area contributed by atoms with Crippen molar-refractivity contribution in [2.75, 3.05) is 18.4 Å². The molecule has 0 spiro atoms. The van der Waals surface area contributed by atoms with Crippen molar-refractivity contribution in [3.8, 4) is 0 Å². The first-order valence-corrected chi connectivity index (χ1v) is 11.6. The van der Waals surface area contributed by atoms with E-state index in [1.165, 1.54) is 12.5 Å². The number of benzene rings is 1. The van der Waals surface area contributed by atoms with Crippen LogP contribution in [0.15, 0.2) is 30.5 Å². The Morgan fingerprint density at radius 3 is 2.58 bits per heavy atom. The van der Waals surface area contributed by atoms with E-state index in [0.717, 1.165) is 41.8 Å². The number of aromatic amines is 1. The Labute approximate surface area is 196 Å². The summed E-state index contributed by atoms with van der Waals surface area (Å²) in [7, 11) is 0. The number of amides is 2. The number of carbonyl (C=O) groups excluding carboxylic acids is 2. The first kappa shape index (κ1) is 24.7. The predicted octanol–water partition coefficient (Wildman–Crippen LogP) is 4.52. The second-order valence-electron chi connectivity index (χ2n) is 10.2. The summed E-state index contributed by atoms with van der Waals surface area (Å²) in [6.45, 7) is 13.4. The van der Waals surface area contributed by atoms with E-state index in [9.17, 15) is 9.59 Å². The molecule has 1 aliphatic rings. The molecule has 4 N–H and O–H groups in total. The second-order valence-corrected chi connectivity index (χ2v) is 10.2. The quantitative estimate of drug-likeness (QED) is 0.443. The fourth-order valence-corrected chi connectivity index (χ4v) is 4.06. The summed E-state index contributed by atoms with van der Waals surface area (Å²) >= 11 is 0. The largest absolute Gasteiger partial charge is 0.355 e. The summed E-state index contributed by atoms with van der Waals surface area (Å²) in [6, 6.07) is 6.21. The third kappa shape index (κ3) is 6.54. The number of rotatable bonds is 8. The number of imidazole rings is 1. The highest BCUT2D eigenvalue weighted by atomic mass is 16.2. The van der Waals surface area contributed by atoms with Crippen LogP contribution in [0.2, 0.25) is 0 Å². The number of nitrogens with zero attached hydrogens (tertiary/aromatic N) is 1. The maximum atomic E-state index is 12.8. The molecule has 33 heavy (non-hydrogen) atoms. The molecule has 1 aromatic carbocycles. The van der Waals surface area contributed by atoms with Crippen molar-refractivity contribution in [1.82, 2.24) is 20.6 Å². The van der Waals surface area contributed by atoms with Gasteiger partial charge < -0.3 is 20.9 Å². The van der Waals surface area contributed by atoms with Crippen molar-refractivity contribution in [1.29, 1.82) is 0 Å². The molecular formula is C26H37N5O2. The highest BCUT2D eigenvalue weighted by molar-refractivity contribution is 6.03. The number of hydrogen-bond donors (Lipinski definition) is 4. The van der Waals surface area contributed by atoms with Crippen molar-refractivity contribution >= 4 is 23.1 Å². The van der Waals surface area contributed by atoms with Gasteiger partial charge in [0.1, 0.15) is 0 Å². The van der Waals surface area contributed by atoms with Crippen molar-refractivity contribution in [3.05, 3.63) is 53.1 Å². The van der Waals surface area contributed by atoms with Gasteiger partial charge in [-0.05, 0) is 68.7 Å². The molecule has 0 aliphatic heterocycles. The van der Waals surface area contributed by atoms with E-state index in [0.29, 0.717) is 24.3 Å². The van der Waals surface area contributed by atoms with Crippen LogP contribution < -0.4 is 16.0 Å². The lowest BCUT2D eigenvalue weighted by atomic mass is 9.76. The van der Waals surface area contributed by atoms with Crippen molar-refractivity contribution < 1.29 is 9.59 Å². The van der Waals surface area contributed by atoms with Gasteiger partial charge in [-0.2, -0.15) is 0 Å². The number of carbonyl (C=O) groups is 2. The number of hydrogen-bond acceptors (Lipinski definition) is 4. The van der Waals surface area contributed by atoms with Gasteiger partial charge >= 0.3 is 0 Å². The Balaban J connectivity index is 1.89. The number of aromatic nitrogens is 2. The zero-order chi connectivity index (χ0) is 24.2. The van der Waals surface area contributed by atoms with Gasteiger partial charge in [0, 0.05) is 43.0 Å². The lowest BCUT2D eigenvalue weighted by Crippen LogP contribution is -2.41. The molecule has 178 valence electrons. The predicted molar refractivity (Wildman–Crippen MR) is 133 cm³/mol. The molecule has 0 unspecified atom stereocenters. The van der Waals surface area contributed by atoms with Crippen molar-refractivity contribution in [3.63, 3.8) is 0 Å². The number of allylic oxidation sites excluding steroid dienone is 2. The molecule has 1 heterocycles.